The highest BCUT2D eigenvalue weighted by molar-refractivity contribution is 5.71. The largest absolute Gasteiger partial charge is 0.508 e. The fraction of sp³-hybridized carbons (Fsp3) is 0.143. The molecule has 3 N–H and O–H groups in total. The summed E-state index contributed by atoms with van der Waals surface area (Å²) in [4.78, 5) is 0. The van der Waals surface area contributed by atoms with Crippen LogP contribution in [0.15, 0.2) is 42.5 Å². The highest BCUT2D eigenvalue weighted by atomic mass is 16.3. The summed E-state index contributed by atoms with van der Waals surface area (Å²) >= 11 is 0. The lowest BCUT2D eigenvalue weighted by Crippen LogP contribution is -1.99. The van der Waals surface area contributed by atoms with Crippen molar-refractivity contribution < 1.29 is 5.11 Å². The average molecular weight is 213 g/mol. The third-order valence-corrected chi connectivity index (χ3v) is 2.74. The van der Waals surface area contributed by atoms with Gasteiger partial charge in [0.15, 0.2) is 0 Å². The molecule has 0 unspecified atom stereocenters. The van der Waals surface area contributed by atoms with Crippen LogP contribution in [-0.4, -0.2) is 5.11 Å². The van der Waals surface area contributed by atoms with Gasteiger partial charge in [0.25, 0.3) is 0 Å². The molecule has 2 aromatic carbocycles. The van der Waals surface area contributed by atoms with Gasteiger partial charge in [0.05, 0.1) is 0 Å². The van der Waals surface area contributed by atoms with Crippen molar-refractivity contribution in [3.8, 4) is 16.9 Å². The van der Waals surface area contributed by atoms with Crippen LogP contribution in [0.25, 0.3) is 11.1 Å². The number of phenolic OH excluding ortho intramolecular Hbond substituents is 1. The standard InChI is InChI=1S/C14H15NO/c1-10-8-12(16)6-7-13(10)14-5-3-2-4-11(14)9-15/h2-8,16H,9,15H2,1H3. The van der Waals surface area contributed by atoms with Gasteiger partial charge < -0.3 is 10.8 Å². The van der Waals surface area contributed by atoms with Crippen molar-refractivity contribution in [3.05, 3.63) is 53.6 Å². The zero-order valence-corrected chi connectivity index (χ0v) is 9.27. The number of benzene rings is 2. The van der Waals surface area contributed by atoms with Crippen LogP contribution in [0.2, 0.25) is 0 Å². The summed E-state index contributed by atoms with van der Waals surface area (Å²) < 4.78 is 0. The van der Waals surface area contributed by atoms with Crippen molar-refractivity contribution in [1.29, 1.82) is 0 Å². The van der Waals surface area contributed by atoms with E-state index in [0.717, 1.165) is 22.3 Å². The van der Waals surface area contributed by atoms with E-state index in [9.17, 15) is 5.11 Å². The van der Waals surface area contributed by atoms with Gasteiger partial charge in [-0.1, -0.05) is 30.3 Å². The molecule has 2 nitrogen and oxygen atoms in total. The van der Waals surface area contributed by atoms with E-state index in [1.54, 1.807) is 12.1 Å². The summed E-state index contributed by atoms with van der Waals surface area (Å²) in [7, 11) is 0. The first-order valence-corrected chi connectivity index (χ1v) is 5.30. The maximum Gasteiger partial charge on any atom is 0.115 e. The van der Waals surface area contributed by atoms with Gasteiger partial charge in [0.2, 0.25) is 0 Å². The second-order valence-corrected chi connectivity index (χ2v) is 3.86. The molecule has 0 saturated carbocycles. The molecule has 0 aliphatic rings. The molecule has 2 aromatic rings. The van der Waals surface area contributed by atoms with Crippen LogP contribution in [0.4, 0.5) is 0 Å². The monoisotopic (exact) mass is 213 g/mol. The van der Waals surface area contributed by atoms with Crippen molar-refractivity contribution in [3.63, 3.8) is 0 Å². The molecule has 0 fully saturated rings. The average Bonchev–Trinajstić information content (AvgIpc) is 2.29. The first-order chi connectivity index (χ1) is 7.72. The normalized spacial score (nSPS) is 10.4. The first kappa shape index (κ1) is 10.7. The molecule has 0 aliphatic heterocycles. The number of hydrogen-bond donors (Lipinski definition) is 2. The number of aromatic hydroxyl groups is 1. The zero-order valence-electron chi connectivity index (χ0n) is 9.27. The molecule has 2 rings (SSSR count). The molecule has 0 aromatic heterocycles. The van der Waals surface area contributed by atoms with Gasteiger partial charge in [-0.3, -0.25) is 0 Å². The van der Waals surface area contributed by atoms with Crippen LogP contribution in [0.3, 0.4) is 0 Å². The van der Waals surface area contributed by atoms with Crippen LogP contribution >= 0.6 is 0 Å². The van der Waals surface area contributed by atoms with E-state index < -0.39 is 0 Å². The van der Waals surface area contributed by atoms with Gasteiger partial charge in [0, 0.05) is 6.54 Å². The number of nitrogens with two attached hydrogens (primary N) is 1. The van der Waals surface area contributed by atoms with Crippen molar-refractivity contribution in [2.75, 3.05) is 0 Å². The third-order valence-electron chi connectivity index (χ3n) is 2.74. The second kappa shape index (κ2) is 4.37. The van der Waals surface area contributed by atoms with Crippen molar-refractivity contribution in [1.82, 2.24) is 0 Å². The molecule has 16 heavy (non-hydrogen) atoms. The van der Waals surface area contributed by atoms with E-state index in [0.29, 0.717) is 12.3 Å². The zero-order chi connectivity index (χ0) is 11.5. The molecule has 0 bridgehead atoms. The Morgan fingerprint density at radius 2 is 1.81 bits per heavy atom. The molecule has 0 saturated heterocycles. The number of phenols is 1. The summed E-state index contributed by atoms with van der Waals surface area (Å²) in [5.41, 5.74) is 10.2. The van der Waals surface area contributed by atoms with Gasteiger partial charge in [-0.15, -0.1) is 0 Å². The number of hydrogen-bond acceptors (Lipinski definition) is 2. The maximum atomic E-state index is 9.39. The Morgan fingerprint density at radius 1 is 1.06 bits per heavy atom. The minimum atomic E-state index is 0.298. The molecule has 2 heteroatoms. The quantitative estimate of drug-likeness (QED) is 0.805. The minimum Gasteiger partial charge on any atom is -0.508 e. The van der Waals surface area contributed by atoms with Gasteiger partial charge in [-0.05, 0) is 41.3 Å². The molecule has 0 amide bonds. The van der Waals surface area contributed by atoms with E-state index >= 15 is 0 Å². The van der Waals surface area contributed by atoms with Crippen LogP contribution < -0.4 is 5.73 Å². The Kier molecular flexibility index (Phi) is 2.93. The molecule has 0 atom stereocenters. The van der Waals surface area contributed by atoms with Gasteiger partial charge in [-0.25, -0.2) is 0 Å². The van der Waals surface area contributed by atoms with E-state index in [2.05, 4.69) is 6.07 Å². The Bertz CT molecular complexity index is 506. The fourth-order valence-electron chi connectivity index (χ4n) is 1.91. The SMILES string of the molecule is Cc1cc(O)ccc1-c1ccccc1CN. The lowest BCUT2D eigenvalue weighted by molar-refractivity contribution is 0.475. The topological polar surface area (TPSA) is 46.2 Å². The van der Waals surface area contributed by atoms with Crippen LogP contribution in [0.1, 0.15) is 11.1 Å². The lowest BCUT2D eigenvalue weighted by atomic mass is 9.96. The number of rotatable bonds is 2. The van der Waals surface area contributed by atoms with Crippen molar-refractivity contribution >= 4 is 0 Å². The predicted octanol–water partition coefficient (Wildman–Crippen LogP) is 2.83. The minimum absolute atomic E-state index is 0.298. The van der Waals surface area contributed by atoms with Gasteiger partial charge in [0.1, 0.15) is 5.75 Å². The van der Waals surface area contributed by atoms with E-state index in [4.69, 9.17) is 5.73 Å². The van der Waals surface area contributed by atoms with Crippen molar-refractivity contribution in [2.45, 2.75) is 13.5 Å². The molecule has 82 valence electrons. The van der Waals surface area contributed by atoms with Crippen LogP contribution in [0.5, 0.6) is 5.75 Å². The Labute approximate surface area is 95.4 Å². The Balaban J connectivity index is 2.58. The molecular weight excluding hydrogens is 198 g/mol. The fourth-order valence-corrected chi connectivity index (χ4v) is 1.91. The lowest BCUT2D eigenvalue weighted by Gasteiger charge is -2.10. The summed E-state index contributed by atoms with van der Waals surface area (Å²) in [6.45, 7) is 2.51. The Morgan fingerprint density at radius 3 is 2.50 bits per heavy atom. The molecule has 0 spiro atoms. The highest BCUT2D eigenvalue weighted by Gasteiger charge is 2.06. The van der Waals surface area contributed by atoms with Gasteiger partial charge in [-0.2, -0.15) is 0 Å². The summed E-state index contributed by atoms with van der Waals surface area (Å²) in [5.74, 6) is 0.298. The highest BCUT2D eigenvalue weighted by Crippen LogP contribution is 2.28. The summed E-state index contributed by atoms with van der Waals surface area (Å²) in [5, 5.41) is 9.39. The maximum absolute atomic E-state index is 9.39. The number of aryl methyl sites for hydroxylation is 1. The summed E-state index contributed by atoms with van der Waals surface area (Å²) in [6, 6.07) is 13.5. The molecule has 0 heterocycles. The first-order valence-electron chi connectivity index (χ1n) is 5.30. The predicted molar refractivity (Wildman–Crippen MR) is 66.2 cm³/mol. The Hall–Kier alpha value is -1.80. The van der Waals surface area contributed by atoms with E-state index in [1.807, 2.05) is 31.2 Å². The van der Waals surface area contributed by atoms with Crippen LogP contribution in [0, 0.1) is 6.92 Å². The van der Waals surface area contributed by atoms with E-state index in [1.165, 1.54) is 0 Å². The smallest absolute Gasteiger partial charge is 0.115 e. The summed E-state index contributed by atoms with van der Waals surface area (Å²) in [6.07, 6.45) is 0. The molecule has 0 radical (unpaired) electrons. The second-order valence-electron chi connectivity index (χ2n) is 3.86. The third kappa shape index (κ3) is 1.92. The van der Waals surface area contributed by atoms with Crippen molar-refractivity contribution in [2.24, 2.45) is 5.73 Å². The molecular formula is C14H15NO. The van der Waals surface area contributed by atoms with Crippen LogP contribution in [-0.2, 0) is 6.54 Å². The van der Waals surface area contributed by atoms with Gasteiger partial charge >= 0.3 is 0 Å². The molecule has 0 aliphatic carbocycles. The van der Waals surface area contributed by atoms with E-state index in [-0.39, 0.29) is 0 Å².